The van der Waals surface area contributed by atoms with Gasteiger partial charge in [-0.25, -0.2) is 0 Å². The molecule has 0 aromatic heterocycles. The highest BCUT2D eigenvalue weighted by Crippen LogP contribution is 2.44. The molecule has 2 atom stereocenters. The van der Waals surface area contributed by atoms with Crippen molar-refractivity contribution in [3.63, 3.8) is 0 Å². The maximum absolute atomic E-state index is 9.87. The summed E-state index contributed by atoms with van der Waals surface area (Å²) >= 11 is 5.95. The van der Waals surface area contributed by atoms with Crippen molar-refractivity contribution in [2.45, 2.75) is 39.3 Å². The van der Waals surface area contributed by atoms with Crippen molar-refractivity contribution in [1.29, 1.82) is 0 Å². The molecule has 2 rings (SSSR count). The van der Waals surface area contributed by atoms with Gasteiger partial charge in [-0.05, 0) is 42.5 Å². The van der Waals surface area contributed by atoms with Gasteiger partial charge in [-0.1, -0.05) is 25.4 Å². The van der Waals surface area contributed by atoms with Crippen LogP contribution >= 0.6 is 11.6 Å². The zero-order valence-corrected chi connectivity index (χ0v) is 12.5. The second-order valence-corrected chi connectivity index (χ2v) is 6.44. The van der Waals surface area contributed by atoms with Crippen molar-refractivity contribution in [2.24, 2.45) is 5.41 Å². The number of aliphatic hydroxyl groups is 1. The molecule has 0 amide bonds. The first-order valence-corrected chi connectivity index (χ1v) is 7.07. The van der Waals surface area contributed by atoms with Crippen LogP contribution in [-0.2, 0) is 0 Å². The molecule has 19 heavy (non-hydrogen) atoms. The van der Waals surface area contributed by atoms with Crippen LogP contribution in [0, 0.1) is 12.3 Å². The number of rotatable bonds is 6. The van der Waals surface area contributed by atoms with Crippen LogP contribution in [0.5, 0.6) is 5.75 Å². The first-order chi connectivity index (χ1) is 8.88. The maximum atomic E-state index is 9.87. The van der Waals surface area contributed by atoms with Crippen LogP contribution in [-0.4, -0.2) is 30.4 Å². The van der Waals surface area contributed by atoms with Crippen molar-refractivity contribution in [3.05, 3.63) is 28.8 Å². The molecule has 0 aliphatic heterocycles. The Balaban J connectivity index is 1.71. The summed E-state index contributed by atoms with van der Waals surface area (Å²) in [5.74, 6) is 0.743. The van der Waals surface area contributed by atoms with Gasteiger partial charge in [0.05, 0.1) is 0 Å². The van der Waals surface area contributed by atoms with Crippen LogP contribution in [0.1, 0.15) is 25.8 Å². The maximum Gasteiger partial charge on any atom is 0.119 e. The van der Waals surface area contributed by atoms with Gasteiger partial charge in [-0.15, -0.1) is 0 Å². The first-order valence-electron chi connectivity index (χ1n) is 6.69. The van der Waals surface area contributed by atoms with Crippen molar-refractivity contribution in [1.82, 2.24) is 5.32 Å². The molecular formula is C15H22ClNO2. The molecule has 106 valence electrons. The number of benzene rings is 1. The second kappa shape index (κ2) is 5.70. The summed E-state index contributed by atoms with van der Waals surface area (Å²) in [4.78, 5) is 0. The predicted octanol–water partition coefficient (Wildman–Crippen LogP) is 2.78. The highest BCUT2D eigenvalue weighted by atomic mass is 35.5. The van der Waals surface area contributed by atoms with E-state index < -0.39 is 6.10 Å². The molecular weight excluding hydrogens is 262 g/mol. The number of halogens is 1. The standard InChI is InChI=1S/C15H22ClNO2/c1-10-6-12(4-5-13(10)16)19-9-11(18)8-17-14-7-15(14,2)3/h4-6,11,14,17-18H,7-9H2,1-3H3. The third-order valence-corrected chi connectivity index (χ3v) is 4.11. The summed E-state index contributed by atoms with van der Waals surface area (Å²) in [5, 5.41) is 13.9. The van der Waals surface area contributed by atoms with E-state index in [9.17, 15) is 5.11 Å². The molecule has 0 bridgehead atoms. The average Bonchev–Trinajstić information content (AvgIpc) is 2.96. The van der Waals surface area contributed by atoms with Crippen molar-refractivity contribution in [2.75, 3.05) is 13.2 Å². The SMILES string of the molecule is Cc1cc(OCC(O)CNC2CC2(C)C)ccc1Cl. The Bertz CT molecular complexity index is 448. The minimum absolute atomic E-state index is 0.293. The van der Waals surface area contributed by atoms with Gasteiger partial charge in [-0.3, -0.25) is 0 Å². The Hall–Kier alpha value is -0.770. The Morgan fingerprint density at radius 3 is 2.79 bits per heavy atom. The molecule has 1 aliphatic carbocycles. The Morgan fingerprint density at radius 2 is 2.21 bits per heavy atom. The highest BCUT2D eigenvalue weighted by Gasteiger charge is 2.45. The van der Waals surface area contributed by atoms with Gasteiger partial charge in [0.1, 0.15) is 18.5 Å². The van der Waals surface area contributed by atoms with Crippen LogP contribution in [0.15, 0.2) is 18.2 Å². The number of aryl methyl sites for hydroxylation is 1. The van der Waals surface area contributed by atoms with Gasteiger partial charge >= 0.3 is 0 Å². The highest BCUT2D eigenvalue weighted by molar-refractivity contribution is 6.31. The molecule has 0 radical (unpaired) electrons. The molecule has 3 nitrogen and oxygen atoms in total. The van der Waals surface area contributed by atoms with E-state index in [-0.39, 0.29) is 0 Å². The zero-order valence-electron chi connectivity index (χ0n) is 11.7. The number of hydrogen-bond acceptors (Lipinski definition) is 3. The molecule has 4 heteroatoms. The monoisotopic (exact) mass is 283 g/mol. The molecule has 1 aromatic carbocycles. The molecule has 1 saturated carbocycles. The quantitative estimate of drug-likeness (QED) is 0.843. The normalized spacial score (nSPS) is 22.1. The van der Waals surface area contributed by atoms with E-state index in [1.807, 2.05) is 25.1 Å². The average molecular weight is 284 g/mol. The minimum atomic E-state index is -0.493. The zero-order chi connectivity index (χ0) is 14.0. The van der Waals surface area contributed by atoms with Gasteiger partial charge in [0.2, 0.25) is 0 Å². The fourth-order valence-electron chi connectivity index (χ4n) is 2.05. The Morgan fingerprint density at radius 1 is 1.53 bits per heavy atom. The largest absolute Gasteiger partial charge is 0.491 e. The molecule has 0 spiro atoms. The van der Waals surface area contributed by atoms with E-state index >= 15 is 0 Å². The van der Waals surface area contributed by atoms with E-state index in [1.54, 1.807) is 0 Å². The molecule has 1 aliphatic rings. The van der Waals surface area contributed by atoms with Crippen molar-refractivity contribution in [3.8, 4) is 5.75 Å². The second-order valence-electron chi connectivity index (χ2n) is 6.03. The van der Waals surface area contributed by atoms with Crippen LogP contribution in [0.2, 0.25) is 5.02 Å². The smallest absolute Gasteiger partial charge is 0.119 e. The van der Waals surface area contributed by atoms with Gasteiger partial charge < -0.3 is 15.2 Å². The third-order valence-electron chi connectivity index (χ3n) is 3.69. The van der Waals surface area contributed by atoms with E-state index in [1.165, 1.54) is 6.42 Å². The van der Waals surface area contributed by atoms with Crippen LogP contribution < -0.4 is 10.1 Å². The summed E-state index contributed by atoms with van der Waals surface area (Å²) < 4.78 is 5.56. The number of hydrogen-bond donors (Lipinski definition) is 2. The molecule has 0 heterocycles. The molecule has 2 N–H and O–H groups in total. The molecule has 0 saturated heterocycles. The minimum Gasteiger partial charge on any atom is -0.491 e. The van der Waals surface area contributed by atoms with Gasteiger partial charge in [0.25, 0.3) is 0 Å². The lowest BCUT2D eigenvalue weighted by atomic mass is 10.2. The molecule has 1 fully saturated rings. The third kappa shape index (κ3) is 4.10. The van der Waals surface area contributed by atoms with E-state index in [0.29, 0.717) is 24.6 Å². The lowest BCUT2D eigenvalue weighted by Crippen LogP contribution is -2.34. The predicted molar refractivity (Wildman–Crippen MR) is 77.9 cm³/mol. The lowest BCUT2D eigenvalue weighted by molar-refractivity contribution is 0.105. The first kappa shape index (κ1) is 14.6. The topological polar surface area (TPSA) is 41.5 Å². The van der Waals surface area contributed by atoms with Crippen LogP contribution in [0.4, 0.5) is 0 Å². The van der Waals surface area contributed by atoms with Crippen molar-refractivity contribution < 1.29 is 9.84 Å². The van der Waals surface area contributed by atoms with E-state index in [0.717, 1.165) is 16.3 Å². The molecule has 1 aromatic rings. The van der Waals surface area contributed by atoms with E-state index in [4.69, 9.17) is 16.3 Å². The summed E-state index contributed by atoms with van der Waals surface area (Å²) in [6.45, 7) is 7.25. The fraction of sp³-hybridized carbons (Fsp3) is 0.600. The number of nitrogens with one attached hydrogen (secondary N) is 1. The van der Waals surface area contributed by atoms with Crippen LogP contribution in [0.25, 0.3) is 0 Å². The summed E-state index contributed by atoms with van der Waals surface area (Å²) in [7, 11) is 0. The Kier molecular flexibility index (Phi) is 4.39. The lowest BCUT2D eigenvalue weighted by Gasteiger charge is -2.14. The van der Waals surface area contributed by atoms with Crippen molar-refractivity contribution >= 4 is 11.6 Å². The van der Waals surface area contributed by atoms with Gasteiger partial charge in [0.15, 0.2) is 0 Å². The fourth-order valence-corrected chi connectivity index (χ4v) is 2.17. The Labute approximate surface area is 119 Å². The van der Waals surface area contributed by atoms with Crippen LogP contribution in [0.3, 0.4) is 0 Å². The van der Waals surface area contributed by atoms with E-state index in [2.05, 4.69) is 19.2 Å². The molecule has 2 unspecified atom stereocenters. The summed E-state index contributed by atoms with van der Waals surface area (Å²) in [6, 6.07) is 6.04. The summed E-state index contributed by atoms with van der Waals surface area (Å²) in [6.07, 6.45) is 0.684. The number of aliphatic hydroxyl groups excluding tert-OH is 1. The van der Waals surface area contributed by atoms with Gasteiger partial charge in [-0.2, -0.15) is 0 Å². The van der Waals surface area contributed by atoms with Gasteiger partial charge in [0, 0.05) is 17.6 Å². The number of ether oxygens (including phenoxy) is 1. The summed E-state index contributed by atoms with van der Waals surface area (Å²) in [5.41, 5.74) is 1.36.